The van der Waals surface area contributed by atoms with Gasteiger partial charge < -0.3 is 14.8 Å². The molecule has 1 heterocycles. The Morgan fingerprint density at radius 3 is 2.26 bits per heavy atom. The van der Waals surface area contributed by atoms with Crippen LogP contribution >= 0.6 is 0 Å². The Bertz CT molecular complexity index is 873. The zero-order valence-corrected chi connectivity index (χ0v) is 16.8. The zero-order chi connectivity index (χ0) is 19.4. The van der Waals surface area contributed by atoms with E-state index in [4.69, 9.17) is 9.47 Å². The molecule has 0 atom stereocenters. The first kappa shape index (κ1) is 19.5. The first-order chi connectivity index (χ1) is 12.9. The molecule has 0 aliphatic carbocycles. The van der Waals surface area contributed by atoms with Crippen molar-refractivity contribution in [2.45, 2.75) is 30.7 Å². The molecule has 7 heteroatoms. The van der Waals surface area contributed by atoms with Crippen molar-refractivity contribution in [2.24, 2.45) is 0 Å². The van der Waals surface area contributed by atoms with Crippen LogP contribution in [-0.2, 0) is 10.0 Å². The molecule has 0 saturated carbocycles. The van der Waals surface area contributed by atoms with Crippen LogP contribution in [0.3, 0.4) is 0 Å². The van der Waals surface area contributed by atoms with Crippen molar-refractivity contribution in [3.63, 3.8) is 0 Å². The highest BCUT2D eigenvalue weighted by molar-refractivity contribution is 7.89. The van der Waals surface area contributed by atoms with E-state index < -0.39 is 10.0 Å². The molecule has 0 bridgehead atoms. The Morgan fingerprint density at radius 2 is 1.67 bits per heavy atom. The molecule has 146 valence electrons. The lowest BCUT2D eigenvalue weighted by atomic mass is 10.1. The number of aryl methyl sites for hydroxylation is 1. The minimum atomic E-state index is -3.44. The molecule has 1 fully saturated rings. The molecular formula is C20H26N2O4S. The van der Waals surface area contributed by atoms with Crippen LogP contribution in [0.25, 0.3) is 0 Å². The van der Waals surface area contributed by atoms with Gasteiger partial charge in [-0.3, -0.25) is 0 Å². The third-order valence-corrected chi connectivity index (χ3v) is 6.79. The van der Waals surface area contributed by atoms with E-state index in [2.05, 4.69) is 5.32 Å². The number of nitrogens with zero attached hydrogens (tertiary/aromatic N) is 1. The van der Waals surface area contributed by atoms with Crippen molar-refractivity contribution < 1.29 is 17.9 Å². The molecule has 0 aromatic heterocycles. The van der Waals surface area contributed by atoms with Gasteiger partial charge in [0, 0.05) is 25.2 Å². The molecule has 1 saturated heterocycles. The number of hydrogen-bond donors (Lipinski definition) is 1. The summed E-state index contributed by atoms with van der Waals surface area (Å²) in [5, 5.41) is 3.47. The number of anilines is 1. The largest absolute Gasteiger partial charge is 0.497 e. The second kappa shape index (κ2) is 8.19. The molecular weight excluding hydrogens is 364 g/mol. The van der Waals surface area contributed by atoms with Crippen molar-refractivity contribution in [3.8, 4) is 11.5 Å². The lowest BCUT2D eigenvalue weighted by molar-refractivity contribution is 0.329. The highest BCUT2D eigenvalue weighted by Crippen LogP contribution is 2.31. The van der Waals surface area contributed by atoms with Crippen LogP contribution in [0.5, 0.6) is 11.5 Å². The summed E-state index contributed by atoms with van der Waals surface area (Å²) in [6, 6.07) is 12.8. The molecule has 1 N–H and O–H groups in total. The van der Waals surface area contributed by atoms with Crippen LogP contribution in [0.15, 0.2) is 47.4 Å². The molecule has 0 spiro atoms. The van der Waals surface area contributed by atoms with E-state index in [0.717, 1.165) is 35.6 Å². The van der Waals surface area contributed by atoms with Gasteiger partial charge >= 0.3 is 0 Å². The normalized spacial score (nSPS) is 16.1. The van der Waals surface area contributed by atoms with Crippen molar-refractivity contribution in [1.29, 1.82) is 0 Å². The summed E-state index contributed by atoms with van der Waals surface area (Å²) in [7, 11) is -0.184. The zero-order valence-electron chi connectivity index (χ0n) is 15.9. The third-order valence-electron chi connectivity index (χ3n) is 4.88. The van der Waals surface area contributed by atoms with Crippen molar-refractivity contribution in [3.05, 3.63) is 48.0 Å². The molecule has 0 amide bonds. The molecule has 1 aliphatic rings. The van der Waals surface area contributed by atoms with Gasteiger partial charge in [-0.2, -0.15) is 4.31 Å². The van der Waals surface area contributed by atoms with Gasteiger partial charge in [0.1, 0.15) is 11.5 Å². The quantitative estimate of drug-likeness (QED) is 0.820. The van der Waals surface area contributed by atoms with E-state index >= 15 is 0 Å². The maximum Gasteiger partial charge on any atom is 0.243 e. The number of ether oxygens (including phenoxy) is 2. The van der Waals surface area contributed by atoms with Crippen molar-refractivity contribution >= 4 is 15.7 Å². The SMILES string of the molecule is COc1ccc(OC)c(NC2CCN(S(=O)(=O)c3ccc(C)cc3)CC2)c1. The number of methoxy groups -OCH3 is 2. The Kier molecular flexibility index (Phi) is 5.92. The van der Waals surface area contributed by atoms with Gasteiger partial charge in [0.25, 0.3) is 0 Å². The summed E-state index contributed by atoms with van der Waals surface area (Å²) in [6.45, 7) is 2.92. The lowest BCUT2D eigenvalue weighted by Gasteiger charge is -2.32. The summed E-state index contributed by atoms with van der Waals surface area (Å²) < 4.78 is 37.9. The van der Waals surface area contributed by atoms with Crippen LogP contribution in [0.2, 0.25) is 0 Å². The Morgan fingerprint density at radius 1 is 1.00 bits per heavy atom. The van der Waals surface area contributed by atoms with E-state index in [1.54, 1.807) is 30.7 Å². The molecule has 1 aliphatic heterocycles. The van der Waals surface area contributed by atoms with Gasteiger partial charge in [0.05, 0.1) is 24.8 Å². The van der Waals surface area contributed by atoms with Gasteiger partial charge in [-0.05, 0) is 44.0 Å². The van der Waals surface area contributed by atoms with Crippen LogP contribution in [-0.4, -0.2) is 46.1 Å². The fourth-order valence-corrected chi connectivity index (χ4v) is 4.72. The maximum absolute atomic E-state index is 12.8. The maximum atomic E-state index is 12.8. The van der Waals surface area contributed by atoms with Crippen LogP contribution in [0.1, 0.15) is 18.4 Å². The highest BCUT2D eigenvalue weighted by atomic mass is 32.2. The minimum Gasteiger partial charge on any atom is -0.497 e. The van der Waals surface area contributed by atoms with Crippen LogP contribution in [0, 0.1) is 6.92 Å². The van der Waals surface area contributed by atoms with E-state index in [0.29, 0.717) is 18.0 Å². The molecule has 3 rings (SSSR count). The summed E-state index contributed by atoms with van der Waals surface area (Å²) >= 11 is 0. The Hall–Kier alpha value is -2.25. The smallest absolute Gasteiger partial charge is 0.243 e. The molecule has 2 aromatic carbocycles. The van der Waals surface area contributed by atoms with E-state index in [-0.39, 0.29) is 6.04 Å². The number of rotatable bonds is 6. The fourth-order valence-electron chi connectivity index (χ4n) is 3.25. The summed E-state index contributed by atoms with van der Waals surface area (Å²) in [5.41, 5.74) is 1.90. The van der Waals surface area contributed by atoms with Crippen LogP contribution < -0.4 is 14.8 Å². The average Bonchev–Trinajstić information content (AvgIpc) is 2.68. The number of benzene rings is 2. The summed E-state index contributed by atoms with van der Waals surface area (Å²) in [5.74, 6) is 1.49. The Labute approximate surface area is 161 Å². The topological polar surface area (TPSA) is 67.9 Å². The standard InChI is InChI=1S/C20H26N2O4S/c1-15-4-7-18(8-5-15)27(23,24)22-12-10-16(11-13-22)21-19-14-17(25-2)6-9-20(19)26-3/h4-9,14,16,21H,10-13H2,1-3H3. The van der Waals surface area contributed by atoms with Crippen molar-refractivity contribution in [2.75, 3.05) is 32.6 Å². The fraction of sp³-hybridized carbons (Fsp3) is 0.400. The monoisotopic (exact) mass is 390 g/mol. The van der Waals surface area contributed by atoms with E-state index in [1.165, 1.54) is 0 Å². The van der Waals surface area contributed by atoms with Gasteiger partial charge in [0.15, 0.2) is 0 Å². The molecule has 2 aromatic rings. The molecule has 6 nitrogen and oxygen atoms in total. The molecule has 27 heavy (non-hydrogen) atoms. The number of sulfonamides is 1. The second-order valence-electron chi connectivity index (χ2n) is 6.70. The molecule has 0 radical (unpaired) electrons. The van der Waals surface area contributed by atoms with E-state index in [9.17, 15) is 8.42 Å². The first-order valence-corrected chi connectivity index (χ1v) is 10.4. The van der Waals surface area contributed by atoms with Crippen LogP contribution in [0.4, 0.5) is 5.69 Å². The molecule has 0 unspecified atom stereocenters. The Balaban J connectivity index is 1.66. The number of hydrogen-bond acceptors (Lipinski definition) is 5. The summed E-state index contributed by atoms with van der Waals surface area (Å²) in [4.78, 5) is 0.356. The predicted molar refractivity (Wildman–Crippen MR) is 106 cm³/mol. The lowest BCUT2D eigenvalue weighted by Crippen LogP contribution is -2.42. The minimum absolute atomic E-state index is 0.176. The van der Waals surface area contributed by atoms with Gasteiger partial charge in [-0.1, -0.05) is 17.7 Å². The second-order valence-corrected chi connectivity index (χ2v) is 8.64. The van der Waals surface area contributed by atoms with Gasteiger partial charge in [-0.15, -0.1) is 0 Å². The number of piperidine rings is 1. The highest BCUT2D eigenvalue weighted by Gasteiger charge is 2.29. The van der Waals surface area contributed by atoms with E-state index in [1.807, 2.05) is 37.3 Å². The third kappa shape index (κ3) is 4.36. The summed E-state index contributed by atoms with van der Waals surface area (Å²) in [6.07, 6.45) is 1.46. The first-order valence-electron chi connectivity index (χ1n) is 8.99. The van der Waals surface area contributed by atoms with Gasteiger partial charge in [0.2, 0.25) is 10.0 Å². The van der Waals surface area contributed by atoms with Gasteiger partial charge in [-0.25, -0.2) is 8.42 Å². The predicted octanol–water partition coefficient (Wildman–Crippen LogP) is 3.28. The average molecular weight is 391 g/mol. The number of nitrogens with one attached hydrogen (secondary N) is 1. The van der Waals surface area contributed by atoms with Crippen molar-refractivity contribution in [1.82, 2.24) is 4.31 Å².